The van der Waals surface area contributed by atoms with Gasteiger partial charge < -0.3 is 14.7 Å². The monoisotopic (exact) mass is 330 g/mol. The third kappa shape index (κ3) is 4.73. The number of terminal acetylenes is 1. The highest BCUT2D eigenvalue weighted by Gasteiger charge is 2.28. The lowest BCUT2D eigenvalue weighted by molar-refractivity contribution is -0.138. The van der Waals surface area contributed by atoms with Gasteiger partial charge in [-0.2, -0.15) is 0 Å². The molecule has 0 atom stereocenters. The van der Waals surface area contributed by atoms with E-state index >= 15 is 0 Å². The first-order valence-electron chi connectivity index (χ1n) is 8.37. The Labute approximate surface area is 144 Å². The second-order valence-corrected chi connectivity index (χ2v) is 6.05. The van der Waals surface area contributed by atoms with E-state index in [0.717, 1.165) is 37.2 Å². The maximum Gasteiger partial charge on any atom is 0.226 e. The van der Waals surface area contributed by atoms with Gasteiger partial charge in [0.15, 0.2) is 0 Å². The van der Waals surface area contributed by atoms with Crippen molar-refractivity contribution in [3.8, 4) is 18.1 Å². The zero-order chi connectivity index (χ0) is 17.4. The Kier molecular flexibility index (Phi) is 7.10. The molecule has 1 aromatic rings. The van der Waals surface area contributed by atoms with Gasteiger partial charge in [-0.05, 0) is 32.0 Å². The molecule has 2 rings (SSSR count). The van der Waals surface area contributed by atoms with Gasteiger partial charge in [-0.3, -0.25) is 9.69 Å². The van der Waals surface area contributed by atoms with E-state index in [1.165, 1.54) is 0 Å². The number of rotatable bonds is 7. The number of hydrogen-bond donors (Lipinski definition) is 1. The molecule has 1 heterocycles. The SMILES string of the molecule is C#CCN1CCC(C(=O)N(CCO)Cc2ccccc2OC)CC1. The summed E-state index contributed by atoms with van der Waals surface area (Å²) in [5.41, 5.74) is 0.951. The van der Waals surface area contributed by atoms with E-state index in [1.54, 1.807) is 12.0 Å². The first-order valence-corrected chi connectivity index (χ1v) is 8.37. The van der Waals surface area contributed by atoms with Gasteiger partial charge in [-0.25, -0.2) is 0 Å². The summed E-state index contributed by atoms with van der Waals surface area (Å²) in [6.07, 6.45) is 6.98. The molecule has 1 aromatic carbocycles. The molecule has 5 nitrogen and oxygen atoms in total. The summed E-state index contributed by atoms with van der Waals surface area (Å²) in [4.78, 5) is 16.8. The van der Waals surface area contributed by atoms with Gasteiger partial charge in [0.1, 0.15) is 5.75 Å². The second-order valence-electron chi connectivity index (χ2n) is 6.05. The van der Waals surface area contributed by atoms with Gasteiger partial charge in [0.25, 0.3) is 0 Å². The highest BCUT2D eigenvalue weighted by atomic mass is 16.5. The molecule has 0 aromatic heterocycles. The number of aliphatic hydroxyl groups is 1. The molecule has 1 aliphatic rings. The van der Waals surface area contributed by atoms with E-state index in [1.807, 2.05) is 24.3 Å². The number of para-hydroxylation sites is 1. The first-order chi connectivity index (χ1) is 11.7. The van der Waals surface area contributed by atoms with Gasteiger partial charge in [-0.1, -0.05) is 24.1 Å². The number of carbonyl (C=O) groups excluding carboxylic acids is 1. The Morgan fingerprint density at radius 1 is 1.42 bits per heavy atom. The van der Waals surface area contributed by atoms with Crippen LogP contribution in [0.2, 0.25) is 0 Å². The summed E-state index contributed by atoms with van der Waals surface area (Å²) in [5, 5.41) is 9.34. The van der Waals surface area contributed by atoms with E-state index in [0.29, 0.717) is 19.6 Å². The van der Waals surface area contributed by atoms with E-state index < -0.39 is 0 Å². The quantitative estimate of drug-likeness (QED) is 0.767. The largest absolute Gasteiger partial charge is 0.496 e. The minimum atomic E-state index is -0.0448. The highest BCUT2D eigenvalue weighted by molar-refractivity contribution is 5.79. The molecular weight excluding hydrogens is 304 g/mol. The average molecular weight is 330 g/mol. The summed E-state index contributed by atoms with van der Waals surface area (Å²) < 4.78 is 5.36. The second kappa shape index (κ2) is 9.31. The molecule has 1 N–H and O–H groups in total. The number of aliphatic hydroxyl groups excluding tert-OH is 1. The van der Waals surface area contributed by atoms with Crippen LogP contribution in [0, 0.1) is 18.3 Å². The molecule has 0 aliphatic carbocycles. The first kappa shape index (κ1) is 18.3. The van der Waals surface area contributed by atoms with Crippen molar-refractivity contribution >= 4 is 5.91 Å². The summed E-state index contributed by atoms with van der Waals surface area (Å²) in [5.74, 6) is 3.52. The Morgan fingerprint density at radius 2 is 2.12 bits per heavy atom. The van der Waals surface area contributed by atoms with Gasteiger partial charge in [-0.15, -0.1) is 6.42 Å². The molecule has 0 unspecified atom stereocenters. The van der Waals surface area contributed by atoms with E-state index in [-0.39, 0.29) is 18.4 Å². The number of piperidine rings is 1. The molecule has 0 saturated carbocycles. The molecule has 1 amide bonds. The van der Waals surface area contributed by atoms with Crippen LogP contribution in [0.1, 0.15) is 18.4 Å². The van der Waals surface area contributed by atoms with E-state index in [2.05, 4.69) is 10.8 Å². The normalized spacial score (nSPS) is 15.7. The van der Waals surface area contributed by atoms with Crippen molar-refractivity contribution in [2.24, 2.45) is 5.92 Å². The van der Waals surface area contributed by atoms with Crippen LogP contribution in [0.5, 0.6) is 5.75 Å². The number of hydrogen-bond acceptors (Lipinski definition) is 4. The van der Waals surface area contributed by atoms with Crippen molar-refractivity contribution in [2.45, 2.75) is 19.4 Å². The Hall–Kier alpha value is -2.03. The molecule has 1 fully saturated rings. The third-order valence-corrected chi connectivity index (χ3v) is 4.49. The van der Waals surface area contributed by atoms with Crippen LogP contribution in [-0.4, -0.2) is 60.7 Å². The van der Waals surface area contributed by atoms with Crippen molar-refractivity contribution in [2.75, 3.05) is 39.9 Å². The standard InChI is InChI=1S/C19H26N2O3/c1-3-10-20-11-8-16(9-12-20)19(23)21(13-14-22)15-17-6-4-5-7-18(17)24-2/h1,4-7,16,22H,8-15H2,2H3. The van der Waals surface area contributed by atoms with Crippen LogP contribution in [0.25, 0.3) is 0 Å². The van der Waals surface area contributed by atoms with Gasteiger partial charge in [0.2, 0.25) is 5.91 Å². The lowest BCUT2D eigenvalue weighted by Gasteiger charge is -2.33. The maximum atomic E-state index is 12.9. The molecule has 130 valence electrons. The van der Waals surface area contributed by atoms with Gasteiger partial charge in [0, 0.05) is 24.6 Å². The van der Waals surface area contributed by atoms with Crippen LogP contribution in [0.15, 0.2) is 24.3 Å². The highest BCUT2D eigenvalue weighted by Crippen LogP contribution is 2.23. The predicted octanol–water partition coefficient (Wildman–Crippen LogP) is 1.36. The topological polar surface area (TPSA) is 53.0 Å². The minimum Gasteiger partial charge on any atom is -0.496 e. The fourth-order valence-corrected chi connectivity index (χ4v) is 3.15. The van der Waals surface area contributed by atoms with Crippen molar-refractivity contribution < 1.29 is 14.6 Å². The number of likely N-dealkylation sites (tertiary alicyclic amines) is 1. The number of benzene rings is 1. The Morgan fingerprint density at radius 3 is 2.75 bits per heavy atom. The number of methoxy groups -OCH3 is 1. The smallest absolute Gasteiger partial charge is 0.226 e. The zero-order valence-corrected chi connectivity index (χ0v) is 14.3. The van der Waals surface area contributed by atoms with Crippen LogP contribution in [0.3, 0.4) is 0 Å². The molecule has 0 bridgehead atoms. The minimum absolute atomic E-state index is 0.000261. The molecule has 0 radical (unpaired) electrons. The fourth-order valence-electron chi connectivity index (χ4n) is 3.15. The van der Waals surface area contributed by atoms with Crippen molar-refractivity contribution in [1.29, 1.82) is 0 Å². The zero-order valence-electron chi connectivity index (χ0n) is 14.3. The number of carbonyl (C=O) groups is 1. The summed E-state index contributed by atoms with van der Waals surface area (Å²) in [6, 6.07) is 7.67. The van der Waals surface area contributed by atoms with Gasteiger partial charge in [0.05, 0.1) is 20.3 Å². The molecule has 24 heavy (non-hydrogen) atoms. The molecule has 5 heteroatoms. The lowest BCUT2D eigenvalue weighted by atomic mass is 9.95. The molecule has 1 saturated heterocycles. The van der Waals surface area contributed by atoms with Crippen LogP contribution in [0.4, 0.5) is 0 Å². The van der Waals surface area contributed by atoms with Crippen molar-refractivity contribution in [1.82, 2.24) is 9.80 Å². The van der Waals surface area contributed by atoms with Crippen molar-refractivity contribution in [3.63, 3.8) is 0 Å². The maximum absolute atomic E-state index is 12.9. The summed E-state index contributed by atoms with van der Waals surface area (Å²) in [7, 11) is 1.62. The Balaban J connectivity index is 2.02. The van der Waals surface area contributed by atoms with Crippen LogP contribution in [-0.2, 0) is 11.3 Å². The fraction of sp³-hybridized carbons (Fsp3) is 0.526. The Bertz CT molecular complexity index is 574. The van der Waals surface area contributed by atoms with Crippen molar-refractivity contribution in [3.05, 3.63) is 29.8 Å². The number of nitrogens with zero attached hydrogens (tertiary/aromatic N) is 2. The third-order valence-electron chi connectivity index (χ3n) is 4.49. The summed E-state index contributed by atoms with van der Waals surface area (Å²) >= 11 is 0. The van der Waals surface area contributed by atoms with Gasteiger partial charge >= 0.3 is 0 Å². The predicted molar refractivity (Wildman–Crippen MR) is 93.5 cm³/mol. The van der Waals surface area contributed by atoms with E-state index in [9.17, 15) is 9.90 Å². The molecular formula is C19H26N2O3. The van der Waals surface area contributed by atoms with E-state index in [4.69, 9.17) is 11.2 Å². The number of ether oxygens (including phenoxy) is 1. The lowest BCUT2D eigenvalue weighted by Crippen LogP contribution is -2.43. The number of amides is 1. The summed E-state index contributed by atoms with van der Waals surface area (Å²) in [6.45, 7) is 3.08. The van der Waals surface area contributed by atoms with Crippen LogP contribution < -0.4 is 4.74 Å². The molecule has 1 aliphatic heterocycles. The van der Waals surface area contributed by atoms with Crippen LogP contribution >= 0.6 is 0 Å². The average Bonchev–Trinajstić information content (AvgIpc) is 2.62. The molecule has 0 spiro atoms.